The second-order valence-electron chi connectivity index (χ2n) is 4.45. The molecule has 1 atom stereocenters. The van der Waals surface area contributed by atoms with Gasteiger partial charge in [0.25, 0.3) is 0 Å². The molecule has 4 nitrogen and oxygen atoms in total. The first kappa shape index (κ1) is 14.1. The van der Waals surface area contributed by atoms with Gasteiger partial charge in [-0.3, -0.25) is 4.90 Å². The Bertz CT molecular complexity index is 473. The highest BCUT2D eigenvalue weighted by Crippen LogP contribution is 2.25. The van der Waals surface area contributed by atoms with E-state index in [9.17, 15) is 0 Å². The van der Waals surface area contributed by atoms with Crippen molar-refractivity contribution in [3.05, 3.63) is 28.8 Å². The summed E-state index contributed by atoms with van der Waals surface area (Å²) in [5.74, 6) is 0.595. The molecule has 1 heterocycles. The van der Waals surface area contributed by atoms with Crippen molar-refractivity contribution in [2.24, 2.45) is 0 Å². The summed E-state index contributed by atoms with van der Waals surface area (Å²) in [6.07, 6.45) is 0.0698. The van der Waals surface area contributed by atoms with Crippen LogP contribution >= 0.6 is 11.6 Å². The molecular weight excluding hydrogens is 264 g/mol. The second kappa shape index (κ2) is 6.76. The molecule has 0 aromatic heterocycles. The lowest BCUT2D eigenvalue weighted by Gasteiger charge is -2.31. The number of nitrogens with zero attached hydrogens (tertiary/aromatic N) is 2. The number of rotatable bonds is 4. The highest BCUT2D eigenvalue weighted by molar-refractivity contribution is 6.32. The zero-order valence-electron chi connectivity index (χ0n) is 10.9. The Morgan fingerprint density at radius 1 is 1.58 bits per heavy atom. The topological polar surface area (TPSA) is 45.5 Å². The molecule has 1 aromatic carbocycles. The average Bonchev–Trinajstić information content (AvgIpc) is 2.46. The van der Waals surface area contributed by atoms with E-state index in [0.29, 0.717) is 22.9 Å². The van der Waals surface area contributed by atoms with Crippen molar-refractivity contribution in [3.63, 3.8) is 0 Å². The Balaban J connectivity index is 1.90. The Labute approximate surface area is 118 Å². The maximum absolute atomic E-state index is 8.77. The summed E-state index contributed by atoms with van der Waals surface area (Å²) >= 11 is 6.05. The Morgan fingerprint density at radius 3 is 3.11 bits per heavy atom. The van der Waals surface area contributed by atoms with Crippen molar-refractivity contribution in [2.45, 2.75) is 13.0 Å². The van der Waals surface area contributed by atoms with Gasteiger partial charge in [-0.05, 0) is 24.7 Å². The largest absolute Gasteiger partial charge is 0.489 e. The normalized spacial score (nSPS) is 19.9. The van der Waals surface area contributed by atoms with E-state index in [1.165, 1.54) is 0 Å². The molecule has 0 spiro atoms. The zero-order chi connectivity index (χ0) is 13.7. The van der Waals surface area contributed by atoms with Gasteiger partial charge in [-0.1, -0.05) is 18.5 Å². The standard InChI is InChI=1S/C14H17ClN2O2/c1-2-17-5-6-18-12(9-17)10-19-14-4-3-11(8-16)7-13(14)15/h3-4,7,12H,2,5-6,9-10H2,1H3. The van der Waals surface area contributed by atoms with Crippen molar-refractivity contribution in [1.29, 1.82) is 5.26 Å². The second-order valence-corrected chi connectivity index (χ2v) is 4.86. The summed E-state index contributed by atoms with van der Waals surface area (Å²) < 4.78 is 11.3. The van der Waals surface area contributed by atoms with Gasteiger partial charge in [0.15, 0.2) is 0 Å². The van der Waals surface area contributed by atoms with Gasteiger partial charge < -0.3 is 9.47 Å². The van der Waals surface area contributed by atoms with Gasteiger partial charge in [0.05, 0.1) is 23.3 Å². The predicted molar refractivity (Wildman–Crippen MR) is 73.5 cm³/mol. The van der Waals surface area contributed by atoms with Crippen LogP contribution in [0.4, 0.5) is 0 Å². The summed E-state index contributed by atoms with van der Waals surface area (Å²) in [6.45, 7) is 6.23. The lowest BCUT2D eigenvalue weighted by Crippen LogP contribution is -2.44. The molecule has 2 rings (SSSR count). The Hall–Kier alpha value is -1.28. The van der Waals surface area contributed by atoms with Crippen molar-refractivity contribution in [1.82, 2.24) is 4.90 Å². The van der Waals surface area contributed by atoms with Gasteiger partial charge in [0, 0.05) is 13.1 Å². The molecular formula is C14H17ClN2O2. The highest BCUT2D eigenvalue weighted by Gasteiger charge is 2.20. The van der Waals surface area contributed by atoms with Crippen molar-refractivity contribution >= 4 is 11.6 Å². The van der Waals surface area contributed by atoms with Crippen molar-refractivity contribution in [3.8, 4) is 11.8 Å². The minimum Gasteiger partial charge on any atom is -0.489 e. The zero-order valence-corrected chi connectivity index (χ0v) is 11.7. The van der Waals surface area contributed by atoms with Crippen LogP contribution in [0, 0.1) is 11.3 Å². The molecule has 0 aliphatic carbocycles. The monoisotopic (exact) mass is 280 g/mol. The van der Waals surface area contributed by atoms with Gasteiger partial charge in [0.2, 0.25) is 0 Å². The van der Waals surface area contributed by atoms with Crippen LogP contribution in [-0.2, 0) is 4.74 Å². The molecule has 1 fully saturated rings. The number of likely N-dealkylation sites (N-methyl/N-ethyl adjacent to an activating group) is 1. The van der Waals surface area contributed by atoms with Gasteiger partial charge in [-0.2, -0.15) is 5.26 Å². The quantitative estimate of drug-likeness (QED) is 0.849. The summed E-state index contributed by atoms with van der Waals surface area (Å²) in [6, 6.07) is 7.07. The average molecular weight is 281 g/mol. The highest BCUT2D eigenvalue weighted by atomic mass is 35.5. The third-order valence-corrected chi connectivity index (χ3v) is 3.45. The van der Waals surface area contributed by atoms with Crippen LogP contribution in [-0.4, -0.2) is 43.9 Å². The van der Waals surface area contributed by atoms with E-state index in [0.717, 1.165) is 26.2 Å². The molecule has 1 aromatic rings. The number of hydrogen-bond acceptors (Lipinski definition) is 4. The molecule has 0 N–H and O–H groups in total. The number of morpholine rings is 1. The van der Waals surface area contributed by atoms with E-state index in [2.05, 4.69) is 11.8 Å². The summed E-state index contributed by atoms with van der Waals surface area (Å²) in [5.41, 5.74) is 0.531. The first-order valence-corrected chi connectivity index (χ1v) is 6.77. The van der Waals surface area contributed by atoms with Gasteiger partial charge in [-0.15, -0.1) is 0 Å². The van der Waals surface area contributed by atoms with Crippen molar-refractivity contribution < 1.29 is 9.47 Å². The fraction of sp³-hybridized carbons (Fsp3) is 0.500. The van der Waals surface area contributed by atoms with Crippen LogP contribution < -0.4 is 4.74 Å². The maximum atomic E-state index is 8.77. The predicted octanol–water partition coefficient (Wildman–Crippen LogP) is 2.31. The van der Waals surface area contributed by atoms with Crippen LogP contribution in [0.15, 0.2) is 18.2 Å². The van der Waals surface area contributed by atoms with E-state index in [4.69, 9.17) is 26.3 Å². The van der Waals surface area contributed by atoms with E-state index in [1.807, 2.05) is 6.07 Å². The van der Waals surface area contributed by atoms with Gasteiger partial charge in [0.1, 0.15) is 18.5 Å². The van der Waals surface area contributed by atoms with E-state index in [1.54, 1.807) is 18.2 Å². The summed E-state index contributed by atoms with van der Waals surface area (Å²) in [7, 11) is 0. The minimum atomic E-state index is 0.0698. The molecule has 5 heteroatoms. The Morgan fingerprint density at radius 2 is 2.42 bits per heavy atom. The number of hydrogen-bond donors (Lipinski definition) is 0. The SMILES string of the molecule is CCN1CCOC(COc2ccc(C#N)cc2Cl)C1. The van der Waals surface area contributed by atoms with Crippen LogP contribution in [0.25, 0.3) is 0 Å². The van der Waals surface area contributed by atoms with E-state index >= 15 is 0 Å². The first-order valence-electron chi connectivity index (χ1n) is 6.39. The van der Waals surface area contributed by atoms with E-state index in [-0.39, 0.29) is 6.10 Å². The Kier molecular flexibility index (Phi) is 5.03. The minimum absolute atomic E-state index is 0.0698. The third-order valence-electron chi connectivity index (χ3n) is 3.16. The number of ether oxygens (including phenoxy) is 2. The van der Waals surface area contributed by atoms with E-state index < -0.39 is 0 Å². The molecule has 19 heavy (non-hydrogen) atoms. The van der Waals surface area contributed by atoms with Crippen LogP contribution in [0.3, 0.4) is 0 Å². The van der Waals surface area contributed by atoms with Crippen LogP contribution in [0.5, 0.6) is 5.75 Å². The molecule has 102 valence electrons. The lowest BCUT2D eigenvalue weighted by molar-refractivity contribution is -0.0463. The molecule has 0 bridgehead atoms. The number of benzene rings is 1. The molecule has 1 unspecified atom stereocenters. The molecule has 1 aliphatic heterocycles. The molecule has 0 radical (unpaired) electrons. The summed E-state index contributed by atoms with van der Waals surface area (Å²) in [5, 5.41) is 9.23. The van der Waals surface area contributed by atoms with Gasteiger partial charge in [-0.25, -0.2) is 0 Å². The smallest absolute Gasteiger partial charge is 0.138 e. The molecule has 1 aliphatic rings. The number of nitriles is 1. The summed E-state index contributed by atoms with van der Waals surface area (Å²) in [4.78, 5) is 2.33. The molecule has 1 saturated heterocycles. The fourth-order valence-electron chi connectivity index (χ4n) is 2.04. The van der Waals surface area contributed by atoms with Crippen molar-refractivity contribution in [2.75, 3.05) is 32.8 Å². The number of halogens is 1. The molecule has 0 amide bonds. The first-order chi connectivity index (χ1) is 9.22. The van der Waals surface area contributed by atoms with Crippen LogP contribution in [0.2, 0.25) is 5.02 Å². The maximum Gasteiger partial charge on any atom is 0.138 e. The van der Waals surface area contributed by atoms with Crippen LogP contribution in [0.1, 0.15) is 12.5 Å². The van der Waals surface area contributed by atoms with Gasteiger partial charge >= 0.3 is 0 Å². The third kappa shape index (κ3) is 3.84. The lowest BCUT2D eigenvalue weighted by atomic mass is 10.2. The molecule has 0 saturated carbocycles. The fourth-order valence-corrected chi connectivity index (χ4v) is 2.27.